The van der Waals surface area contributed by atoms with Crippen LogP contribution in [-0.4, -0.2) is 49.4 Å². The molecule has 0 unspecified atom stereocenters. The van der Waals surface area contributed by atoms with E-state index in [0.717, 1.165) is 43.1 Å². The van der Waals surface area contributed by atoms with Gasteiger partial charge in [0.05, 0.1) is 36.6 Å². The molecule has 1 saturated heterocycles. The molecule has 168 valence electrons. The predicted molar refractivity (Wildman–Crippen MR) is 129 cm³/mol. The van der Waals surface area contributed by atoms with Gasteiger partial charge < -0.3 is 24.8 Å². The van der Waals surface area contributed by atoms with E-state index in [1.54, 1.807) is 18.2 Å². The highest BCUT2D eigenvalue weighted by Gasteiger charge is 2.30. The van der Waals surface area contributed by atoms with E-state index in [2.05, 4.69) is 27.3 Å². The second-order valence-electron chi connectivity index (χ2n) is 7.79. The molecule has 1 amide bonds. The van der Waals surface area contributed by atoms with Crippen molar-refractivity contribution in [2.75, 3.05) is 43.6 Å². The van der Waals surface area contributed by atoms with Crippen LogP contribution in [0, 0.1) is 0 Å². The fourth-order valence-electron chi connectivity index (χ4n) is 4.11. The topological polar surface area (TPSA) is 83.9 Å². The van der Waals surface area contributed by atoms with Gasteiger partial charge in [0.25, 0.3) is 5.91 Å². The molecule has 0 radical (unpaired) electrons. The van der Waals surface area contributed by atoms with Gasteiger partial charge in [0.2, 0.25) is 5.88 Å². The van der Waals surface area contributed by atoms with Gasteiger partial charge in [0.1, 0.15) is 5.76 Å². The van der Waals surface area contributed by atoms with Crippen LogP contribution in [0.3, 0.4) is 0 Å². The molecule has 7 nitrogen and oxygen atoms in total. The molecule has 2 aliphatic heterocycles. The molecule has 0 saturated carbocycles. The third-order valence-corrected chi connectivity index (χ3v) is 6.17. The summed E-state index contributed by atoms with van der Waals surface area (Å²) in [5.41, 5.74) is 4.57. The van der Waals surface area contributed by atoms with Crippen LogP contribution in [0.25, 0.3) is 22.5 Å². The number of rotatable bonds is 4. The quantitative estimate of drug-likeness (QED) is 0.433. The maximum atomic E-state index is 12.7. The molecule has 3 aromatic rings. The Morgan fingerprint density at radius 3 is 2.55 bits per heavy atom. The lowest BCUT2D eigenvalue weighted by molar-refractivity contribution is -0.110. The van der Waals surface area contributed by atoms with Crippen LogP contribution < -0.4 is 15.0 Å². The van der Waals surface area contributed by atoms with Gasteiger partial charge in [-0.1, -0.05) is 23.7 Å². The molecule has 1 aromatic heterocycles. The number of halogens is 1. The number of hydrogen-bond acceptors (Lipinski definition) is 6. The van der Waals surface area contributed by atoms with E-state index < -0.39 is 5.91 Å². The van der Waals surface area contributed by atoms with Crippen LogP contribution in [0.15, 0.2) is 54.7 Å². The molecule has 0 atom stereocenters. The second kappa shape index (κ2) is 8.77. The third kappa shape index (κ3) is 4.01. The van der Waals surface area contributed by atoms with Crippen LogP contribution in [-0.2, 0) is 9.53 Å². The van der Waals surface area contributed by atoms with Gasteiger partial charge in [0, 0.05) is 47.7 Å². The summed E-state index contributed by atoms with van der Waals surface area (Å²) >= 11 is 6.58. The van der Waals surface area contributed by atoms with Crippen LogP contribution in [0.1, 0.15) is 11.1 Å². The van der Waals surface area contributed by atoms with E-state index in [1.165, 1.54) is 13.3 Å². The first-order valence-electron chi connectivity index (χ1n) is 10.6. The zero-order valence-electron chi connectivity index (χ0n) is 18.0. The van der Waals surface area contributed by atoms with Crippen molar-refractivity contribution < 1.29 is 19.4 Å². The number of benzene rings is 2. The number of anilines is 2. The number of ether oxygens (including phenoxy) is 2. The van der Waals surface area contributed by atoms with Crippen molar-refractivity contribution in [3.63, 3.8) is 0 Å². The Labute approximate surface area is 196 Å². The summed E-state index contributed by atoms with van der Waals surface area (Å²) in [7, 11) is 1.51. The maximum Gasteiger partial charge on any atom is 0.260 e. The van der Waals surface area contributed by atoms with Crippen molar-refractivity contribution >= 4 is 40.2 Å². The van der Waals surface area contributed by atoms with E-state index >= 15 is 0 Å². The smallest absolute Gasteiger partial charge is 0.260 e. The van der Waals surface area contributed by atoms with E-state index in [9.17, 15) is 9.90 Å². The maximum absolute atomic E-state index is 12.7. The minimum Gasteiger partial charge on any atom is -0.506 e. The first-order chi connectivity index (χ1) is 16.0. The van der Waals surface area contributed by atoms with Crippen molar-refractivity contribution in [1.82, 2.24) is 4.98 Å². The predicted octanol–water partition coefficient (Wildman–Crippen LogP) is 4.63. The van der Waals surface area contributed by atoms with Crippen LogP contribution in [0.2, 0.25) is 5.02 Å². The Morgan fingerprint density at radius 1 is 1.12 bits per heavy atom. The van der Waals surface area contributed by atoms with Gasteiger partial charge >= 0.3 is 0 Å². The molecule has 2 aliphatic rings. The summed E-state index contributed by atoms with van der Waals surface area (Å²) in [6.07, 6.45) is 1.47. The Bertz CT molecular complexity index is 1230. The zero-order valence-corrected chi connectivity index (χ0v) is 18.7. The number of methoxy groups -OCH3 is 1. The van der Waals surface area contributed by atoms with Gasteiger partial charge in [-0.25, -0.2) is 4.98 Å². The molecule has 8 heteroatoms. The van der Waals surface area contributed by atoms with Crippen molar-refractivity contribution in [2.45, 2.75) is 0 Å². The summed E-state index contributed by atoms with van der Waals surface area (Å²) in [5, 5.41) is 14.2. The number of amides is 1. The van der Waals surface area contributed by atoms with Gasteiger partial charge in [-0.3, -0.25) is 4.79 Å². The molecule has 5 rings (SSSR count). The molecular formula is C25H22ClN3O4. The van der Waals surface area contributed by atoms with Gasteiger partial charge in [-0.05, 0) is 35.9 Å². The third-order valence-electron chi connectivity index (χ3n) is 5.86. The van der Waals surface area contributed by atoms with Crippen molar-refractivity contribution in [2.24, 2.45) is 0 Å². The number of aromatic nitrogens is 1. The zero-order chi connectivity index (χ0) is 22.9. The summed E-state index contributed by atoms with van der Waals surface area (Å²) < 4.78 is 10.5. The molecule has 1 fully saturated rings. The number of aliphatic hydroxyl groups is 1. The average Bonchev–Trinajstić information content (AvgIpc) is 3.18. The average molecular weight is 464 g/mol. The van der Waals surface area contributed by atoms with E-state index in [0.29, 0.717) is 27.7 Å². The van der Waals surface area contributed by atoms with Gasteiger partial charge in [-0.15, -0.1) is 0 Å². The number of nitrogens with one attached hydrogen (secondary N) is 1. The first kappa shape index (κ1) is 21.3. The first-order valence-corrected chi connectivity index (χ1v) is 10.9. The number of nitrogens with zero attached hydrogens (tertiary/aromatic N) is 2. The molecule has 0 aliphatic carbocycles. The largest absolute Gasteiger partial charge is 0.506 e. The Kier molecular flexibility index (Phi) is 5.66. The fourth-order valence-corrected chi connectivity index (χ4v) is 4.38. The second-order valence-corrected chi connectivity index (χ2v) is 8.20. The lowest BCUT2D eigenvalue weighted by Gasteiger charge is -2.29. The van der Waals surface area contributed by atoms with Crippen LogP contribution in [0.4, 0.5) is 11.4 Å². The monoisotopic (exact) mass is 463 g/mol. The number of aliphatic hydroxyl groups excluding tert-OH is 1. The van der Waals surface area contributed by atoms with Crippen LogP contribution >= 0.6 is 11.6 Å². The molecule has 3 heterocycles. The number of carbonyl (C=O) groups excluding carboxylic acids is 1. The highest BCUT2D eigenvalue weighted by molar-refractivity contribution is 6.38. The molecule has 2 aromatic carbocycles. The Morgan fingerprint density at radius 2 is 1.88 bits per heavy atom. The van der Waals surface area contributed by atoms with E-state index in [4.69, 9.17) is 21.1 Å². The van der Waals surface area contributed by atoms with Crippen molar-refractivity contribution in [3.8, 4) is 17.0 Å². The number of pyridine rings is 1. The van der Waals surface area contributed by atoms with E-state index in [-0.39, 0.29) is 11.3 Å². The Balaban J connectivity index is 1.52. The SMILES string of the molecule is COc1ccc(/C(O)=C2\C(=O)Nc3cc(Cl)c(-c4ccc(N5CCOCC5)cc4)cc32)cn1. The number of fused-ring (bicyclic) bond motifs is 1. The lowest BCUT2D eigenvalue weighted by Crippen LogP contribution is -2.36. The van der Waals surface area contributed by atoms with Crippen molar-refractivity contribution in [3.05, 3.63) is 70.9 Å². The van der Waals surface area contributed by atoms with Gasteiger partial charge in [-0.2, -0.15) is 0 Å². The Hall–Kier alpha value is -3.55. The summed E-state index contributed by atoms with van der Waals surface area (Å²) in [4.78, 5) is 19.1. The molecule has 0 bridgehead atoms. The number of morpholine rings is 1. The standard InChI is InChI=1S/C25H22ClN3O4/c1-32-22-7-4-16(14-27-22)24(30)23-19-12-18(20(26)13-21(19)28-25(23)31)15-2-5-17(6-3-15)29-8-10-33-11-9-29/h2-7,12-14,30H,8-11H2,1H3,(H,28,31)/b24-23+. The number of carbonyl (C=O) groups is 1. The fraction of sp³-hybridized carbons (Fsp3) is 0.200. The minimum absolute atomic E-state index is 0.155. The highest BCUT2D eigenvalue weighted by Crippen LogP contribution is 2.42. The lowest BCUT2D eigenvalue weighted by atomic mass is 9.97. The van der Waals surface area contributed by atoms with Crippen LogP contribution in [0.5, 0.6) is 5.88 Å². The van der Waals surface area contributed by atoms with Crippen molar-refractivity contribution in [1.29, 1.82) is 0 Å². The van der Waals surface area contributed by atoms with Gasteiger partial charge in [0.15, 0.2) is 0 Å². The highest BCUT2D eigenvalue weighted by atomic mass is 35.5. The normalized spacial score (nSPS) is 16.9. The molecular weight excluding hydrogens is 442 g/mol. The minimum atomic E-state index is -0.394. The summed E-state index contributed by atoms with van der Waals surface area (Å²) in [5.74, 6) is -0.131. The molecule has 0 spiro atoms. The number of hydrogen-bond donors (Lipinski definition) is 2. The summed E-state index contributed by atoms with van der Waals surface area (Å²) in [6, 6.07) is 15.0. The molecule has 33 heavy (non-hydrogen) atoms. The van der Waals surface area contributed by atoms with E-state index in [1.807, 2.05) is 18.2 Å². The molecule has 2 N–H and O–H groups in total. The summed E-state index contributed by atoms with van der Waals surface area (Å²) in [6.45, 7) is 3.17.